The van der Waals surface area contributed by atoms with Gasteiger partial charge < -0.3 is 24.4 Å². The molecule has 0 aliphatic carbocycles. The summed E-state index contributed by atoms with van der Waals surface area (Å²) in [5.41, 5.74) is 3.43. The highest BCUT2D eigenvalue weighted by Crippen LogP contribution is 2.33. The van der Waals surface area contributed by atoms with Crippen LogP contribution in [0.4, 0.5) is 11.5 Å². The first-order valence-corrected chi connectivity index (χ1v) is 12.1. The van der Waals surface area contributed by atoms with Gasteiger partial charge >= 0.3 is 0 Å². The molecule has 4 aromatic rings. The third kappa shape index (κ3) is 5.57. The van der Waals surface area contributed by atoms with Crippen LogP contribution in [-0.2, 0) is 11.3 Å². The van der Waals surface area contributed by atoms with Crippen molar-refractivity contribution in [1.29, 1.82) is 0 Å². The lowest BCUT2D eigenvalue weighted by Gasteiger charge is -2.27. The van der Waals surface area contributed by atoms with Gasteiger partial charge in [0.2, 0.25) is 0 Å². The number of nitrogens with one attached hydrogen (secondary N) is 1. The Hall–Kier alpha value is -4.37. The molecule has 0 saturated carbocycles. The molecular formula is C28H29N5O4. The van der Waals surface area contributed by atoms with E-state index in [-0.39, 0.29) is 5.91 Å². The third-order valence-corrected chi connectivity index (χ3v) is 6.19. The molecule has 1 saturated heterocycles. The van der Waals surface area contributed by atoms with Crippen molar-refractivity contribution in [3.63, 3.8) is 0 Å². The molecule has 1 N–H and O–H groups in total. The molecule has 2 aromatic heterocycles. The molecule has 37 heavy (non-hydrogen) atoms. The zero-order valence-corrected chi connectivity index (χ0v) is 20.9. The Bertz CT molecular complexity index is 1350. The minimum absolute atomic E-state index is 0.273. The first-order valence-electron chi connectivity index (χ1n) is 12.1. The van der Waals surface area contributed by atoms with E-state index >= 15 is 0 Å². The van der Waals surface area contributed by atoms with Gasteiger partial charge in [0, 0.05) is 24.8 Å². The van der Waals surface area contributed by atoms with Gasteiger partial charge in [0.25, 0.3) is 5.91 Å². The highest BCUT2D eigenvalue weighted by atomic mass is 16.5. The summed E-state index contributed by atoms with van der Waals surface area (Å²) in [6.45, 7) is 3.50. The molecule has 0 atom stereocenters. The number of benzene rings is 2. The monoisotopic (exact) mass is 499 g/mol. The molecule has 0 radical (unpaired) electrons. The average molecular weight is 500 g/mol. The van der Waals surface area contributed by atoms with Crippen molar-refractivity contribution in [3.05, 3.63) is 84.2 Å². The summed E-state index contributed by atoms with van der Waals surface area (Å²) in [7, 11) is 3.17. The smallest absolute Gasteiger partial charge is 0.259 e. The van der Waals surface area contributed by atoms with E-state index in [9.17, 15) is 4.79 Å². The number of carbonyl (C=O) groups is 1. The Labute approximate surface area is 215 Å². The van der Waals surface area contributed by atoms with Crippen LogP contribution in [0.1, 0.15) is 15.9 Å². The molecule has 1 amide bonds. The van der Waals surface area contributed by atoms with Crippen molar-refractivity contribution >= 4 is 17.4 Å². The van der Waals surface area contributed by atoms with Crippen LogP contribution in [0.25, 0.3) is 11.3 Å². The lowest BCUT2D eigenvalue weighted by atomic mass is 10.1. The van der Waals surface area contributed by atoms with Gasteiger partial charge in [-0.05, 0) is 35.9 Å². The molecule has 190 valence electrons. The van der Waals surface area contributed by atoms with Crippen LogP contribution >= 0.6 is 0 Å². The molecular weight excluding hydrogens is 470 g/mol. The summed E-state index contributed by atoms with van der Waals surface area (Å²) in [6, 6.07) is 19.3. The number of carbonyl (C=O) groups excluding carboxylic acids is 1. The molecule has 1 aliphatic rings. The molecule has 9 nitrogen and oxygen atoms in total. The second-order valence-electron chi connectivity index (χ2n) is 8.60. The van der Waals surface area contributed by atoms with Gasteiger partial charge in [-0.25, -0.2) is 4.98 Å². The van der Waals surface area contributed by atoms with Crippen LogP contribution in [0.5, 0.6) is 11.5 Å². The lowest BCUT2D eigenvalue weighted by Crippen LogP contribution is -2.36. The zero-order valence-electron chi connectivity index (χ0n) is 20.9. The number of amides is 1. The number of hydrogen-bond donors (Lipinski definition) is 1. The van der Waals surface area contributed by atoms with Crippen LogP contribution in [0, 0.1) is 0 Å². The van der Waals surface area contributed by atoms with Gasteiger partial charge in [0.15, 0.2) is 11.5 Å². The largest absolute Gasteiger partial charge is 0.493 e. The first kappa shape index (κ1) is 24.3. The van der Waals surface area contributed by atoms with E-state index in [0.717, 1.165) is 30.0 Å². The molecule has 1 aliphatic heterocycles. The van der Waals surface area contributed by atoms with E-state index in [0.29, 0.717) is 48.2 Å². The maximum Gasteiger partial charge on any atom is 0.259 e. The van der Waals surface area contributed by atoms with Crippen LogP contribution in [-0.4, -0.2) is 61.2 Å². The fourth-order valence-electron chi connectivity index (χ4n) is 4.27. The van der Waals surface area contributed by atoms with E-state index in [1.165, 1.54) is 0 Å². The number of nitrogens with zero attached hydrogens (tertiary/aromatic N) is 4. The molecule has 3 heterocycles. The second-order valence-corrected chi connectivity index (χ2v) is 8.60. The Morgan fingerprint density at radius 1 is 1.00 bits per heavy atom. The molecule has 2 aromatic carbocycles. The zero-order chi connectivity index (χ0) is 25.6. The summed E-state index contributed by atoms with van der Waals surface area (Å²) < 4.78 is 18.0. The Balaban J connectivity index is 1.43. The predicted molar refractivity (Wildman–Crippen MR) is 142 cm³/mol. The molecule has 1 fully saturated rings. The van der Waals surface area contributed by atoms with Gasteiger partial charge in [-0.3, -0.25) is 9.48 Å². The Morgan fingerprint density at radius 3 is 2.49 bits per heavy atom. The van der Waals surface area contributed by atoms with Crippen molar-refractivity contribution in [1.82, 2.24) is 14.8 Å². The van der Waals surface area contributed by atoms with Crippen molar-refractivity contribution in [2.24, 2.45) is 0 Å². The topological polar surface area (TPSA) is 90.7 Å². The van der Waals surface area contributed by atoms with Crippen LogP contribution in [0.3, 0.4) is 0 Å². The summed E-state index contributed by atoms with van der Waals surface area (Å²) >= 11 is 0. The van der Waals surface area contributed by atoms with Gasteiger partial charge in [0.05, 0.1) is 51.4 Å². The predicted octanol–water partition coefficient (Wildman–Crippen LogP) is 4.10. The standard InChI is InChI=1S/C28H29N5O4/c1-35-24-10-8-21(16-25(24)36-2)27-23(19-33(31-27)18-20-6-4-3-5-7-20)28(34)30-22-9-11-26(29-17-22)32-12-14-37-15-13-32/h3-11,16-17,19H,12-15,18H2,1-2H3,(H,30,34). The quantitative estimate of drug-likeness (QED) is 0.390. The highest BCUT2D eigenvalue weighted by Gasteiger charge is 2.20. The van der Waals surface area contributed by atoms with Crippen LogP contribution < -0.4 is 19.7 Å². The Kier molecular flexibility index (Phi) is 7.32. The van der Waals surface area contributed by atoms with E-state index in [1.807, 2.05) is 54.6 Å². The van der Waals surface area contributed by atoms with Crippen molar-refractivity contribution < 1.29 is 19.0 Å². The fourth-order valence-corrected chi connectivity index (χ4v) is 4.27. The van der Waals surface area contributed by atoms with E-state index < -0.39 is 0 Å². The number of pyridine rings is 1. The summed E-state index contributed by atoms with van der Waals surface area (Å²) in [5.74, 6) is 1.76. The number of aromatic nitrogens is 3. The Morgan fingerprint density at radius 2 is 1.78 bits per heavy atom. The SMILES string of the molecule is COc1ccc(-c2nn(Cc3ccccc3)cc2C(=O)Nc2ccc(N3CCOCC3)nc2)cc1OC. The molecule has 0 bridgehead atoms. The van der Waals surface area contributed by atoms with E-state index in [2.05, 4.69) is 15.2 Å². The number of morpholine rings is 1. The summed E-state index contributed by atoms with van der Waals surface area (Å²) in [6.07, 6.45) is 3.44. The van der Waals surface area contributed by atoms with Crippen molar-refractivity contribution in [3.8, 4) is 22.8 Å². The molecule has 0 unspecified atom stereocenters. The molecule has 0 spiro atoms. The van der Waals surface area contributed by atoms with E-state index in [1.54, 1.807) is 37.4 Å². The number of methoxy groups -OCH3 is 2. The maximum atomic E-state index is 13.5. The number of anilines is 2. The summed E-state index contributed by atoms with van der Waals surface area (Å²) in [5, 5.41) is 7.74. The minimum atomic E-state index is -0.273. The lowest BCUT2D eigenvalue weighted by molar-refractivity contribution is 0.102. The third-order valence-electron chi connectivity index (χ3n) is 6.19. The average Bonchev–Trinajstić information content (AvgIpc) is 3.38. The fraction of sp³-hybridized carbons (Fsp3) is 0.250. The molecule has 9 heteroatoms. The van der Waals surface area contributed by atoms with Crippen LogP contribution in [0.2, 0.25) is 0 Å². The molecule has 5 rings (SSSR count). The van der Waals surface area contributed by atoms with Gasteiger partial charge in [0.1, 0.15) is 11.5 Å². The van der Waals surface area contributed by atoms with Crippen LogP contribution in [0.15, 0.2) is 73.1 Å². The van der Waals surface area contributed by atoms with Gasteiger partial charge in [-0.15, -0.1) is 0 Å². The highest BCUT2D eigenvalue weighted by molar-refractivity contribution is 6.08. The number of ether oxygens (including phenoxy) is 3. The van der Waals surface area contributed by atoms with E-state index in [4.69, 9.17) is 19.3 Å². The second kappa shape index (κ2) is 11.1. The first-order chi connectivity index (χ1) is 18.1. The minimum Gasteiger partial charge on any atom is -0.493 e. The normalized spacial score (nSPS) is 13.3. The van der Waals surface area contributed by atoms with Crippen molar-refractivity contribution in [2.75, 3.05) is 50.7 Å². The maximum absolute atomic E-state index is 13.5. The van der Waals surface area contributed by atoms with Gasteiger partial charge in [-0.1, -0.05) is 30.3 Å². The number of hydrogen-bond acceptors (Lipinski definition) is 7. The van der Waals surface area contributed by atoms with Gasteiger partial charge in [-0.2, -0.15) is 5.10 Å². The van der Waals surface area contributed by atoms with Crippen molar-refractivity contribution in [2.45, 2.75) is 6.54 Å². The summed E-state index contributed by atoms with van der Waals surface area (Å²) in [4.78, 5) is 20.2. The number of rotatable bonds is 8.